The summed E-state index contributed by atoms with van der Waals surface area (Å²) in [6.07, 6.45) is 5.13. The molecule has 4 rings (SSSR count). The number of likely N-dealkylation sites (tertiary alicyclic amines) is 1. The highest BCUT2D eigenvalue weighted by Crippen LogP contribution is 2.29. The summed E-state index contributed by atoms with van der Waals surface area (Å²) in [4.78, 5) is 5.62. The van der Waals surface area contributed by atoms with E-state index in [0.29, 0.717) is 18.2 Å². The summed E-state index contributed by atoms with van der Waals surface area (Å²) in [6, 6.07) is 10.2. The number of hydrogen-bond acceptors (Lipinski definition) is 2. The van der Waals surface area contributed by atoms with Gasteiger partial charge in [0.2, 0.25) is 0 Å². The van der Waals surface area contributed by atoms with Crippen molar-refractivity contribution in [3.8, 4) is 5.75 Å². The van der Waals surface area contributed by atoms with Gasteiger partial charge in [0.1, 0.15) is 17.4 Å². The number of H-pyrrole nitrogens is 1. The number of aromatic amines is 1. The van der Waals surface area contributed by atoms with Crippen LogP contribution in [0.2, 0.25) is 0 Å². The molecule has 0 bridgehead atoms. The van der Waals surface area contributed by atoms with Crippen LogP contribution >= 0.6 is 0 Å². The van der Waals surface area contributed by atoms with Gasteiger partial charge >= 0.3 is 0 Å². The molecule has 0 saturated carbocycles. The lowest BCUT2D eigenvalue weighted by Crippen LogP contribution is -2.31. The number of hydrogen-bond donors (Lipinski definition) is 1. The zero-order chi connectivity index (χ0) is 18.1. The standard InChI is InChI=1S/C21H22F2N2O/c1-26-18-6-7-21-19(11-18)15(12-24-21)9-17-3-2-8-25(17)13-14-4-5-16(22)10-20(14)23/h4-7,10-12,17,24H,2-3,8-9,13H2,1H3/t17-/m1/s1. The lowest BCUT2D eigenvalue weighted by atomic mass is 10.0. The Labute approximate surface area is 151 Å². The van der Waals surface area contributed by atoms with Gasteiger partial charge in [0.15, 0.2) is 0 Å². The van der Waals surface area contributed by atoms with Gasteiger partial charge in [-0.15, -0.1) is 0 Å². The smallest absolute Gasteiger partial charge is 0.130 e. The Balaban J connectivity index is 1.54. The first-order chi connectivity index (χ1) is 12.6. The predicted molar refractivity (Wildman–Crippen MR) is 98.3 cm³/mol. The largest absolute Gasteiger partial charge is 0.497 e. The summed E-state index contributed by atoms with van der Waals surface area (Å²) < 4.78 is 32.5. The van der Waals surface area contributed by atoms with E-state index in [1.165, 1.54) is 17.0 Å². The highest BCUT2D eigenvalue weighted by Gasteiger charge is 2.26. The molecule has 0 unspecified atom stereocenters. The van der Waals surface area contributed by atoms with Crippen molar-refractivity contribution in [2.45, 2.75) is 31.8 Å². The Kier molecular flexibility index (Phi) is 4.64. The molecular formula is C21H22F2N2O. The highest BCUT2D eigenvalue weighted by molar-refractivity contribution is 5.84. The molecule has 26 heavy (non-hydrogen) atoms. The molecule has 0 spiro atoms. The molecule has 0 amide bonds. The van der Waals surface area contributed by atoms with Crippen molar-refractivity contribution in [3.05, 3.63) is 65.4 Å². The Morgan fingerprint density at radius 3 is 2.85 bits per heavy atom. The van der Waals surface area contributed by atoms with Gasteiger partial charge in [0.05, 0.1) is 7.11 Å². The molecule has 2 heterocycles. The van der Waals surface area contributed by atoms with E-state index in [9.17, 15) is 8.78 Å². The van der Waals surface area contributed by atoms with Gasteiger partial charge in [0.25, 0.3) is 0 Å². The number of fused-ring (bicyclic) bond motifs is 1. The lowest BCUT2D eigenvalue weighted by Gasteiger charge is -2.24. The van der Waals surface area contributed by atoms with Crippen molar-refractivity contribution < 1.29 is 13.5 Å². The zero-order valence-electron chi connectivity index (χ0n) is 14.8. The second-order valence-corrected chi connectivity index (χ2v) is 6.93. The average molecular weight is 356 g/mol. The molecule has 2 aromatic carbocycles. The first kappa shape index (κ1) is 17.0. The molecule has 1 aromatic heterocycles. The number of halogens is 2. The van der Waals surface area contributed by atoms with Crippen molar-refractivity contribution >= 4 is 10.9 Å². The molecule has 0 aliphatic carbocycles. The van der Waals surface area contributed by atoms with Gasteiger partial charge in [0, 0.05) is 41.3 Å². The normalized spacial score (nSPS) is 17.9. The molecule has 3 nitrogen and oxygen atoms in total. The number of methoxy groups -OCH3 is 1. The number of rotatable bonds is 5. The maximum Gasteiger partial charge on any atom is 0.130 e. The van der Waals surface area contributed by atoms with Crippen LogP contribution < -0.4 is 4.74 Å². The van der Waals surface area contributed by atoms with Crippen molar-refractivity contribution in [2.24, 2.45) is 0 Å². The number of aromatic nitrogens is 1. The second-order valence-electron chi connectivity index (χ2n) is 6.93. The van der Waals surface area contributed by atoms with Gasteiger partial charge in [-0.3, -0.25) is 4.90 Å². The molecule has 1 N–H and O–H groups in total. The Hall–Kier alpha value is -2.40. The SMILES string of the molecule is COc1ccc2[nH]cc(C[C@H]3CCCN3Cc3ccc(F)cc3F)c2c1. The summed E-state index contributed by atoms with van der Waals surface area (Å²) in [5.74, 6) is -0.153. The van der Waals surface area contributed by atoms with Crippen LogP contribution in [0.5, 0.6) is 5.75 Å². The minimum absolute atomic E-state index is 0.352. The molecule has 1 aliphatic heterocycles. The fourth-order valence-corrected chi connectivity index (χ4v) is 3.91. The summed E-state index contributed by atoms with van der Waals surface area (Å²) in [6.45, 7) is 1.45. The van der Waals surface area contributed by atoms with Gasteiger partial charge in [-0.1, -0.05) is 6.07 Å². The zero-order valence-corrected chi connectivity index (χ0v) is 14.8. The Morgan fingerprint density at radius 2 is 2.04 bits per heavy atom. The second kappa shape index (κ2) is 7.08. The molecule has 136 valence electrons. The summed E-state index contributed by atoms with van der Waals surface area (Å²) in [7, 11) is 1.67. The number of nitrogens with zero attached hydrogens (tertiary/aromatic N) is 1. The molecule has 1 aliphatic rings. The summed E-state index contributed by atoms with van der Waals surface area (Å²) in [5.41, 5.74) is 2.89. The van der Waals surface area contributed by atoms with Crippen LogP contribution in [-0.4, -0.2) is 29.6 Å². The van der Waals surface area contributed by atoms with E-state index in [0.717, 1.165) is 43.1 Å². The van der Waals surface area contributed by atoms with Gasteiger partial charge in [-0.25, -0.2) is 8.78 Å². The fraction of sp³-hybridized carbons (Fsp3) is 0.333. The molecule has 1 atom stereocenters. The van der Waals surface area contributed by atoms with E-state index in [2.05, 4.69) is 22.1 Å². The maximum atomic E-state index is 14.0. The van der Waals surface area contributed by atoms with Crippen LogP contribution in [0.4, 0.5) is 8.78 Å². The third-order valence-corrected chi connectivity index (χ3v) is 5.32. The fourth-order valence-electron chi connectivity index (χ4n) is 3.91. The van der Waals surface area contributed by atoms with Gasteiger partial charge < -0.3 is 9.72 Å². The first-order valence-electron chi connectivity index (χ1n) is 8.96. The van der Waals surface area contributed by atoms with Crippen LogP contribution in [0.15, 0.2) is 42.6 Å². The topological polar surface area (TPSA) is 28.3 Å². The van der Waals surface area contributed by atoms with Crippen LogP contribution in [0.3, 0.4) is 0 Å². The van der Waals surface area contributed by atoms with E-state index < -0.39 is 11.6 Å². The number of benzene rings is 2. The monoisotopic (exact) mass is 356 g/mol. The van der Waals surface area contributed by atoms with E-state index in [4.69, 9.17) is 4.74 Å². The molecule has 1 saturated heterocycles. The van der Waals surface area contributed by atoms with Crippen molar-refractivity contribution in [3.63, 3.8) is 0 Å². The van der Waals surface area contributed by atoms with E-state index in [1.807, 2.05) is 12.1 Å². The van der Waals surface area contributed by atoms with Crippen LogP contribution in [0, 0.1) is 11.6 Å². The molecule has 0 radical (unpaired) electrons. The molecular weight excluding hydrogens is 334 g/mol. The van der Waals surface area contributed by atoms with Crippen LogP contribution in [0.25, 0.3) is 10.9 Å². The quantitative estimate of drug-likeness (QED) is 0.720. The van der Waals surface area contributed by atoms with Crippen molar-refractivity contribution in [1.82, 2.24) is 9.88 Å². The lowest BCUT2D eigenvalue weighted by molar-refractivity contribution is 0.241. The Morgan fingerprint density at radius 1 is 1.15 bits per heavy atom. The molecule has 1 fully saturated rings. The third-order valence-electron chi connectivity index (χ3n) is 5.32. The summed E-state index contributed by atoms with van der Waals surface area (Å²) in [5, 5.41) is 1.17. The first-order valence-corrected chi connectivity index (χ1v) is 8.96. The van der Waals surface area contributed by atoms with Crippen LogP contribution in [0.1, 0.15) is 24.0 Å². The van der Waals surface area contributed by atoms with E-state index in [-0.39, 0.29) is 0 Å². The predicted octanol–water partition coefficient (Wildman–Crippen LogP) is 4.66. The van der Waals surface area contributed by atoms with Crippen molar-refractivity contribution in [1.29, 1.82) is 0 Å². The summed E-state index contributed by atoms with van der Waals surface area (Å²) >= 11 is 0. The minimum Gasteiger partial charge on any atom is -0.497 e. The van der Waals surface area contributed by atoms with E-state index >= 15 is 0 Å². The maximum absolute atomic E-state index is 14.0. The molecule has 5 heteroatoms. The minimum atomic E-state index is -0.531. The third kappa shape index (κ3) is 3.31. The average Bonchev–Trinajstić information content (AvgIpc) is 3.24. The molecule has 3 aromatic rings. The highest BCUT2D eigenvalue weighted by atomic mass is 19.1. The number of ether oxygens (including phenoxy) is 1. The van der Waals surface area contributed by atoms with E-state index in [1.54, 1.807) is 13.2 Å². The van der Waals surface area contributed by atoms with Crippen molar-refractivity contribution in [2.75, 3.05) is 13.7 Å². The Bertz CT molecular complexity index is 922. The number of nitrogens with one attached hydrogen (secondary N) is 1. The van der Waals surface area contributed by atoms with Gasteiger partial charge in [-0.2, -0.15) is 0 Å². The van der Waals surface area contributed by atoms with Gasteiger partial charge in [-0.05, 0) is 55.6 Å². The van der Waals surface area contributed by atoms with Crippen LogP contribution in [-0.2, 0) is 13.0 Å².